The Kier molecular flexibility index (Phi) is 5.50. The average molecular weight is 423 g/mol. The highest BCUT2D eigenvalue weighted by molar-refractivity contribution is 6.32. The summed E-state index contributed by atoms with van der Waals surface area (Å²) in [5.41, 5.74) is 1.71. The number of urea groups is 1. The minimum absolute atomic E-state index is 0.107. The third kappa shape index (κ3) is 4.18. The Morgan fingerprint density at radius 2 is 1.77 bits per heavy atom. The van der Waals surface area contributed by atoms with Crippen molar-refractivity contribution in [3.63, 3.8) is 0 Å². The summed E-state index contributed by atoms with van der Waals surface area (Å²) >= 11 is 5.96. The number of imide groups is 1. The predicted molar refractivity (Wildman–Crippen MR) is 113 cm³/mol. The van der Waals surface area contributed by atoms with E-state index in [1.54, 1.807) is 72.8 Å². The second kappa shape index (κ2) is 8.39. The molecule has 4 rings (SSSR count). The van der Waals surface area contributed by atoms with Crippen LogP contribution < -0.4 is 15.0 Å². The van der Waals surface area contributed by atoms with Crippen molar-refractivity contribution in [1.82, 2.24) is 5.32 Å². The van der Waals surface area contributed by atoms with E-state index in [0.717, 1.165) is 4.90 Å². The van der Waals surface area contributed by atoms with Gasteiger partial charge in [0.05, 0.1) is 5.69 Å². The lowest BCUT2D eigenvalue weighted by Gasteiger charge is -2.11. The van der Waals surface area contributed by atoms with Crippen molar-refractivity contribution in [3.05, 3.63) is 100 Å². The van der Waals surface area contributed by atoms with Gasteiger partial charge in [-0.25, -0.2) is 14.1 Å². The van der Waals surface area contributed by atoms with Gasteiger partial charge in [0, 0.05) is 10.6 Å². The topological polar surface area (TPSA) is 58.6 Å². The van der Waals surface area contributed by atoms with Gasteiger partial charge < -0.3 is 10.1 Å². The molecule has 3 aromatic rings. The molecule has 0 unspecified atom stereocenters. The van der Waals surface area contributed by atoms with Crippen molar-refractivity contribution in [1.29, 1.82) is 0 Å². The molecule has 0 radical (unpaired) electrons. The number of carbonyl (C=O) groups excluding carboxylic acids is 2. The van der Waals surface area contributed by atoms with Crippen molar-refractivity contribution in [2.75, 3.05) is 4.90 Å². The zero-order valence-corrected chi connectivity index (χ0v) is 16.4. The number of nitrogens with one attached hydrogen (secondary N) is 1. The predicted octanol–water partition coefficient (Wildman–Crippen LogP) is 5.16. The van der Waals surface area contributed by atoms with E-state index in [1.807, 2.05) is 0 Å². The van der Waals surface area contributed by atoms with Crippen LogP contribution in [0.3, 0.4) is 0 Å². The molecular weight excluding hydrogens is 407 g/mol. The van der Waals surface area contributed by atoms with Crippen molar-refractivity contribution >= 4 is 35.3 Å². The minimum atomic E-state index is -0.543. The molecule has 1 aliphatic rings. The molecule has 0 spiro atoms. The molecule has 0 aromatic heterocycles. The summed E-state index contributed by atoms with van der Waals surface area (Å²) in [6.45, 7) is 0.107. The van der Waals surface area contributed by atoms with Gasteiger partial charge in [-0.15, -0.1) is 0 Å². The monoisotopic (exact) mass is 422 g/mol. The number of hydrogen-bond donors (Lipinski definition) is 1. The molecule has 0 aliphatic carbocycles. The standard InChI is InChI=1S/C23H16ClFN2O3/c24-17-5-3-6-18(13-17)27-22(28)21(26-23(27)29)12-15-8-10-19(11-9-15)30-14-16-4-1-2-7-20(16)25/h1-13H,14H2,(H,26,29)/b21-12+. The van der Waals surface area contributed by atoms with Crippen LogP contribution in [0.15, 0.2) is 78.5 Å². The summed E-state index contributed by atoms with van der Waals surface area (Å²) in [7, 11) is 0. The summed E-state index contributed by atoms with van der Waals surface area (Å²) in [6, 6.07) is 19.3. The van der Waals surface area contributed by atoms with Crippen LogP contribution in [0.5, 0.6) is 5.75 Å². The minimum Gasteiger partial charge on any atom is -0.489 e. The molecule has 1 aliphatic heterocycles. The number of nitrogens with zero attached hydrogens (tertiary/aromatic N) is 1. The fourth-order valence-electron chi connectivity index (χ4n) is 2.99. The Bertz CT molecular complexity index is 1150. The van der Waals surface area contributed by atoms with E-state index in [2.05, 4.69) is 5.32 Å². The first-order valence-corrected chi connectivity index (χ1v) is 9.48. The third-order valence-corrected chi connectivity index (χ3v) is 4.72. The Labute approximate surface area is 177 Å². The second-order valence-electron chi connectivity index (χ2n) is 6.56. The number of ether oxygens (including phenoxy) is 1. The van der Waals surface area contributed by atoms with Crippen LogP contribution in [0.4, 0.5) is 14.9 Å². The van der Waals surface area contributed by atoms with Crippen molar-refractivity contribution in [2.24, 2.45) is 0 Å². The molecule has 0 atom stereocenters. The van der Waals surface area contributed by atoms with Gasteiger partial charge >= 0.3 is 6.03 Å². The van der Waals surface area contributed by atoms with Gasteiger partial charge in [0.2, 0.25) is 0 Å². The molecule has 1 fully saturated rings. The van der Waals surface area contributed by atoms with Gasteiger partial charge in [0.25, 0.3) is 5.91 Å². The van der Waals surface area contributed by atoms with E-state index in [0.29, 0.717) is 27.6 Å². The highest BCUT2D eigenvalue weighted by atomic mass is 35.5. The van der Waals surface area contributed by atoms with Crippen molar-refractivity contribution in [3.8, 4) is 5.75 Å². The van der Waals surface area contributed by atoms with Crippen LogP contribution in [-0.2, 0) is 11.4 Å². The molecule has 3 amide bonds. The van der Waals surface area contributed by atoms with Gasteiger partial charge in [-0.2, -0.15) is 0 Å². The first-order valence-electron chi connectivity index (χ1n) is 9.10. The Morgan fingerprint density at radius 1 is 1.00 bits per heavy atom. The molecule has 7 heteroatoms. The maximum atomic E-state index is 13.7. The van der Waals surface area contributed by atoms with Crippen LogP contribution >= 0.6 is 11.6 Å². The molecular formula is C23H16ClFN2O3. The summed E-state index contributed by atoms with van der Waals surface area (Å²) < 4.78 is 19.3. The fraction of sp³-hybridized carbons (Fsp3) is 0.0435. The van der Waals surface area contributed by atoms with E-state index in [9.17, 15) is 14.0 Å². The molecule has 1 N–H and O–H groups in total. The first-order chi connectivity index (χ1) is 14.5. The molecule has 0 saturated carbocycles. The number of hydrogen-bond acceptors (Lipinski definition) is 3. The first kappa shape index (κ1) is 19.7. The largest absolute Gasteiger partial charge is 0.489 e. The molecule has 5 nitrogen and oxygen atoms in total. The summed E-state index contributed by atoms with van der Waals surface area (Å²) in [5, 5.41) is 3.00. The number of halogens is 2. The second-order valence-corrected chi connectivity index (χ2v) is 6.99. The van der Waals surface area contributed by atoms with Crippen LogP contribution in [0.1, 0.15) is 11.1 Å². The van der Waals surface area contributed by atoms with Gasteiger partial charge in [-0.05, 0) is 48.0 Å². The Hall–Kier alpha value is -3.64. The third-order valence-electron chi connectivity index (χ3n) is 4.49. The van der Waals surface area contributed by atoms with Gasteiger partial charge in [0.15, 0.2) is 0 Å². The number of anilines is 1. The normalized spacial score (nSPS) is 14.9. The lowest BCUT2D eigenvalue weighted by molar-refractivity contribution is -0.113. The SMILES string of the molecule is O=C1N/C(=C/c2ccc(OCc3ccccc3F)cc2)C(=O)N1c1cccc(Cl)c1. The molecule has 1 saturated heterocycles. The zero-order chi connectivity index (χ0) is 21.1. The van der Waals surface area contributed by atoms with E-state index >= 15 is 0 Å². The van der Waals surface area contributed by atoms with Crippen LogP contribution in [0, 0.1) is 5.82 Å². The number of amides is 3. The fourth-order valence-corrected chi connectivity index (χ4v) is 3.17. The zero-order valence-electron chi connectivity index (χ0n) is 15.6. The smallest absolute Gasteiger partial charge is 0.333 e. The van der Waals surface area contributed by atoms with E-state index in [4.69, 9.17) is 16.3 Å². The molecule has 1 heterocycles. The quantitative estimate of drug-likeness (QED) is 0.456. The summed E-state index contributed by atoms with van der Waals surface area (Å²) in [4.78, 5) is 26.0. The molecule has 30 heavy (non-hydrogen) atoms. The number of benzene rings is 3. The maximum absolute atomic E-state index is 13.7. The Balaban J connectivity index is 1.46. The van der Waals surface area contributed by atoms with Crippen molar-refractivity contribution < 1.29 is 18.7 Å². The Morgan fingerprint density at radius 3 is 2.50 bits per heavy atom. The van der Waals surface area contributed by atoms with Crippen LogP contribution in [0.2, 0.25) is 5.02 Å². The van der Waals surface area contributed by atoms with E-state index < -0.39 is 11.9 Å². The lowest BCUT2D eigenvalue weighted by atomic mass is 10.1. The summed E-state index contributed by atoms with van der Waals surface area (Å²) in [6.07, 6.45) is 1.57. The number of rotatable bonds is 5. The maximum Gasteiger partial charge on any atom is 0.333 e. The molecule has 3 aromatic carbocycles. The number of carbonyl (C=O) groups is 2. The molecule has 0 bridgehead atoms. The van der Waals surface area contributed by atoms with E-state index in [-0.39, 0.29) is 18.1 Å². The van der Waals surface area contributed by atoms with Gasteiger partial charge in [-0.3, -0.25) is 4.79 Å². The summed E-state index contributed by atoms with van der Waals surface area (Å²) in [5.74, 6) is -0.233. The van der Waals surface area contributed by atoms with Crippen LogP contribution in [-0.4, -0.2) is 11.9 Å². The highest BCUT2D eigenvalue weighted by Gasteiger charge is 2.34. The lowest BCUT2D eigenvalue weighted by Crippen LogP contribution is -2.30. The van der Waals surface area contributed by atoms with Crippen LogP contribution in [0.25, 0.3) is 6.08 Å². The van der Waals surface area contributed by atoms with Crippen molar-refractivity contribution in [2.45, 2.75) is 6.61 Å². The van der Waals surface area contributed by atoms with Gasteiger partial charge in [0.1, 0.15) is 23.9 Å². The average Bonchev–Trinajstić information content (AvgIpc) is 3.01. The van der Waals surface area contributed by atoms with E-state index in [1.165, 1.54) is 6.07 Å². The van der Waals surface area contributed by atoms with Gasteiger partial charge in [-0.1, -0.05) is 48.0 Å². The molecule has 150 valence electrons. The highest BCUT2D eigenvalue weighted by Crippen LogP contribution is 2.25.